The van der Waals surface area contributed by atoms with E-state index in [1.807, 2.05) is 24.3 Å². The molecule has 0 heterocycles. The zero-order valence-electron chi connectivity index (χ0n) is 10.5. The number of fused-ring (bicyclic) bond motifs is 1. The van der Waals surface area contributed by atoms with Crippen LogP contribution in [0.3, 0.4) is 0 Å². The third kappa shape index (κ3) is 2.01. The van der Waals surface area contributed by atoms with Crippen LogP contribution >= 0.6 is 15.9 Å². The molecule has 0 saturated heterocycles. The number of benzene rings is 1. The molecule has 0 bridgehead atoms. The maximum absolute atomic E-state index is 12.2. The summed E-state index contributed by atoms with van der Waals surface area (Å²) in [5, 5.41) is 0. The molecule has 0 amide bonds. The molecule has 0 N–H and O–H groups in total. The standard InChI is InChI=1S/C15H17BrO2/c1-3-4-9-15(14(17)18-2)10-8-11-12(15)6-5-7-13(11)16/h3,5-7H,1,4,8-10H2,2H3. The summed E-state index contributed by atoms with van der Waals surface area (Å²) >= 11 is 3.57. The largest absolute Gasteiger partial charge is 0.468 e. The van der Waals surface area contributed by atoms with Crippen LogP contribution in [-0.2, 0) is 21.4 Å². The summed E-state index contributed by atoms with van der Waals surface area (Å²) in [5.41, 5.74) is 1.87. The molecule has 1 aliphatic carbocycles. The number of esters is 1. The molecular weight excluding hydrogens is 292 g/mol. The molecule has 1 unspecified atom stereocenters. The second-order valence-electron chi connectivity index (χ2n) is 4.67. The summed E-state index contributed by atoms with van der Waals surface area (Å²) in [5.74, 6) is -0.124. The van der Waals surface area contributed by atoms with Gasteiger partial charge in [-0.15, -0.1) is 6.58 Å². The lowest BCUT2D eigenvalue weighted by molar-refractivity contribution is -0.147. The Bertz CT molecular complexity index is 481. The van der Waals surface area contributed by atoms with Gasteiger partial charge in [-0.1, -0.05) is 34.1 Å². The number of carbonyl (C=O) groups is 1. The van der Waals surface area contributed by atoms with Gasteiger partial charge in [-0.05, 0) is 42.9 Å². The van der Waals surface area contributed by atoms with Crippen molar-refractivity contribution in [3.63, 3.8) is 0 Å². The number of carbonyl (C=O) groups excluding carboxylic acids is 1. The van der Waals surface area contributed by atoms with E-state index in [0.717, 1.165) is 35.7 Å². The van der Waals surface area contributed by atoms with Gasteiger partial charge in [0.05, 0.1) is 12.5 Å². The number of allylic oxidation sites excluding steroid dienone is 1. The summed E-state index contributed by atoms with van der Waals surface area (Å²) in [6.45, 7) is 3.75. The lowest BCUT2D eigenvalue weighted by Gasteiger charge is -2.27. The lowest BCUT2D eigenvalue weighted by Crippen LogP contribution is -2.34. The first kappa shape index (κ1) is 13.3. The van der Waals surface area contributed by atoms with Crippen LogP contribution in [0.15, 0.2) is 35.3 Å². The molecular formula is C15H17BrO2. The summed E-state index contributed by atoms with van der Waals surface area (Å²) < 4.78 is 6.13. The Morgan fingerprint density at radius 2 is 2.39 bits per heavy atom. The summed E-state index contributed by atoms with van der Waals surface area (Å²) in [7, 11) is 1.47. The Balaban J connectivity index is 2.49. The van der Waals surface area contributed by atoms with Crippen LogP contribution < -0.4 is 0 Å². The number of halogens is 1. The predicted octanol–water partition coefficient (Wildman–Crippen LogP) is 3.77. The molecule has 0 spiro atoms. The minimum absolute atomic E-state index is 0.124. The van der Waals surface area contributed by atoms with Crippen LogP contribution in [0.2, 0.25) is 0 Å². The highest BCUT2D eigenvalue weighted by atomic mass is 79.9. The van der Waals surface area contributed by atoms with E-state index in [0.29, 0.717) is 0 Å². The number of hydrogen-bond donors (Lipinski definition) is 0. The molecule has 0 fully saturated rings. The molecule has 1 atom stereocenters. The minimum Gasteiger partial charge on any atom is -0.468 e. The Morgan fingerprint density at radius 3 is 3.06 bits per heavy atom. The average molecular weight is 309 g/mol. The van der Waals surface area contributed by atoms with Gasteiger partial charge in [0, 0.05) is 4.47 Å². The van der Waals surface area contributed by atoms with Crippen molar-refractivity contribution in [3.8, 4) is 0 Å². The van der Waals surface area contributed by atoms with E-state index >= 15 is 0 Å². The van der Waals surface area contributed by atoms with Gasteiger partial charge >= 0.3 is 5.97 Å². The first-order chi connectivity index (χ1) is 8.65. The van der Waals surface area contributed by atoms with Crippen molar-refractivity contribution < 1.29 is 9.53 Å². The third-order valence-corrected chi connectivity index (χ3v) is 4.53. The smallest absolute Gasteiger partial charge is 0.316 e. The molecule has 0 aromatic heterocycles. The zero-order valence-corrected chi connectivity index (χ0v) is 12.1. The molecule has 1 aromatic carbocycles. The van der Waals surface area contributed by atoms with Crippen LogP contribution in [0.4, 0.5) is 0 Å². The van der Waals surface area contributed by atoms with Gasteiger partial charge in [0.1, 0.15) is 0 Å². The monoisotopic (exact) mass is 308 g/mol. The normalized spacial score (nSPS) is 21.4. The number of methoxy groups -OCH3 is 1. The molecule has 3 heteroatoms. The molecule has 0 radical (unpaired) electrons. The fourth-order valence-corrected chi connectivity index (χ4v) is 3.42. The number of rotatable bonds is 4. The van der Waals surface area contributed by atoms with Gasteiger partial charge in [0.15, 0.2) is 0 Å². The Hall–Kier alpha value is -1.09. The van der Waals surface area contributed by atoms with Crippen LogP contribution in [0, 0.1) is 0 Å². The van der Waals surface area contributed by atoms with Crippen molar-refractivity contribution in [1.29, 1.82) is 0 Å². The molecule has 2 nitrogen and oxygen atoms in total. The van der Waals surface area contributed by atoms with Gasteiger partial charge in [0.2, 0.25) is 0 Å². The maximum Gasteiger partial charge on any atom is 0.316 e. The SMILES string of the molecule is C=CCCC1(C(=O)OC)CCc2c(Br)cccc21. The topological polar surface area (TPSA) is 26.3 Å². The maximum atomic E-state index is 12.2. The molecule has 0 aliphatic heterocycles. The van der Waals surface area contributed by atoms with Gasteiger partial charge in [-0.2, -0.15) is 0 Å². The summed E-state index contributed by atoms with van der Waals surface area (Å²) in [6.07, 6.45) is 5.20. The van der Waals surface area contributed by atoms with E-state index in [4.69, 9.17) is 4.74 Å². The number of hydrogen-bond acceptors (Lipinski definition) is 2. The van der Waals surface area contributed by atoms with E-state index in [-0.39, 0.29) is 5.97 Å². The lowest BCUT2D eigenvalue weighted by atomic mass is 9.78. The highest BCUT2D eigenvalue weighted by molar-refractivity contribution is 9.10. The van der Waals surface area contributed by atoms with Crippen LogP contribution in [0.25, 0.3) is 0 Å². The van der Waals surface area contributed by atoms with Crippen molar-refractivity contribution >= 4 is 21.9 Å². The second kappa shape index (κ2) is 5.27. The summed E-state index contributed by atoms with van der Waals surface area (Å²) in [6, 6.07) is 6.06. The van der Waals surface area contributed by atoms with Crippen molar-refractivity contribution in [3.05, 3.63) is 46.5 Å². The van der Waals surface area contributed by atoms with Crippen molar-refractivity contribution in [2.75, 3.05) is 7.11 Å². The van der Waals surface area contributed by atoms with E-state index in [2.05, 4.69) is 22.5 Å². The highest BCUT2D eigenvalue weighted by Crippen LogP contribution is 2.45. The molecule has 1 aromatic rings. The average Bonchev–Trinajstić information content (AvgIpc) is 2.77. The van der Waals surface area contributed by atoms with Crippen LogP contribution in [0.1, 0.15) is 30.4 Å². The van der Waals surface area contributed by atoms with E-state index in [1.54, 1.807) is 0 Å². The Morgan fingerprint density at radius 1 is 1.61 bits per heavy atom. The zero-order chi connectivity index (χ0) is 13.2. The van der Waals surface area contributed by atoms with Crippen molar-refractivity contribution in [2.24, 2.45) is 0 Å². The van der Waals surface area contributed by atoms with Gasteiger partial charge in [-0.25, -0.2) is 0 Å². The molecule has 0 saturated carbocycles. The first-order valence-electron chi connectivity index (χ1n) is 6.13. The van der Waals surface area contributed by atoms with E-state index in [1.165, 1.54) is 12.7 Å². The van der Waals surface area contributed by atoms with Crippen LogP contribution in [-0.4, -0.2) is 13.1 Å². The quantitative estimate of drug-likeness (QED) is 0.625. The molecule has 1 aliphatic rings. The molecule has 96 valence electrons. The van der Waals surface area contributed by atoms with E-state index in [9.17, 15) is 4.79 Å². The predicted molar refractivity (Wildman–Crippen MR) is 75.6 cm³/mol. The Labute approximate surface area is 116 Å². The summed E-state index contributed by atoms with van der Waals surface area (Å²) in [4.78, 5) is 12.2. The molecule has 18 heavy (non-hydrogen) atoms. The fraction of sp³-hybridized carbons (Fsp3) is 0.400. The van der Waals surface area contributed by atoms with E-state index < -0.39 is 5.41 Å². The minimum atomic E-state index is -0.484. The molecule has 2 rings (SSSR count). The third-order valence-electron chi connectivity index (χ3n) is 3.79. The second-order valence-corrected chi connectivity index (χ2v) is 5.52. The van der Waals surface area contributed by atoms with Gasteiger partial charge in [-0.3, -0.25) is 4.79 Å². The van der Waals surface area contributed by atoms with Crippen molar-refractivity contribution in [1.82, 2.24) is 0 Å². The first-order valence-corrected chi connectivity index (χ1v) is 6.92. The highest BCUT2D eigenvalue weighted by Gasteiger charge is 2.46. The fourth-order valence-electron chi connectivity index (χ4n) is 2.85. The van der Waals surface area contributed by atoms with Crippen molar-refractivity contribution in [2.45, 2.75) is 31.1 Å². The van der Waals surface area contributed by atoms with Gasteiger partial charge < -0.3 is 4.74 Å². The van der Waals surface area contributed by atoms with Gasteiger partial charge in [0.25, 0.3) is 0 Å². The number of ether oxygens (including phenoxy) is 1. The Kier molecular flexibility index (Phi) is 3.91. The van der Waals surface area contributed by atoms with Crippen LogP contribution in [0.5, 0.6) is 0 Å².